The SMILES string of the molecule is N#Cc1ccc(Br)c(Cn2nc3ccccn3c2=O)c1. The fraction of sp³-hybridized carbons (Fsp3) is 0.0714. The number of hydrogen-bond donors (Lipinski definition) is 0. The minimum Gasteiger partial charge on any atom is -0.250 e. The molecule has 98 valence electrons. The number of pyridine rings is 1. The summed E-state index contributed by atoms with van der Waals surface area (Å²) >= 11 is 3.43. The summed E-state index contributed by atoms with van der Waals surface area (Å²) in [6.45, 7) is 0.316. The zero-order chi connectivity index (χ0) is 14.1. The van der Waals surface area contributed by atoms with Crippen molar-refractivity contribution in [2.24, 2.45) is 0 Å². The molecule has 0 spiro atoms. The van der Waals surface area contributed by atoms with Gasteiger partial charge in [-0.15, -0.1) is 5.10 Å². The maximum atomic E-state index is 12.2. The Morgan fingerprint density at radius 3 is 2.90 bits per heavy atom. The largest absolute Gasteiger partial charge is 0.350 e. The second-order valence-corrected chi connectivity index (χ2v) is 5.14. The van der Waals surface area contributed by atoms with Crippen LogP contribution in [0.25, 0.3) is 5.65 Å². The highest BCUT2D eigenvalue weighted by atomic mass is 79.9. The Kier molecular flexibility index (Phi) is 3.12. The van der Waals surface area contributed by atoms with Crippen LogP contribution >= 0.6 is 15.9 Å². The minimum atomic E-state index is -0.199. The summed E-state index contributed by atoms with van der Waals surface area (Å²) in [7, 11) is 0. The van der Waals surface area contributed by atoms with Gasteiger partial charge in [0.1, 0.15) is 0 Å². The molecule has 0 saturated carbocycles. The molecule has 6 heteroatoms. The summed E-state index contributed by atoms with van der Waals surface area (Å²) in [5.41, 5.74) is 1.80. The number of nitriles is 1. The molecule has 0 fully saturated rings. The van der Waals surface area contributed by atoms with Crippen molar-refractivity contribution in [2.45, 2.75) is 6.54 Å². The molecule has 0 saturated heterocycles. The zero-order valence-corrected chi connectivity index (χ0v) is 11.9. The van der Waals surface area contributed by atoms with Gasteiger partial charge in [-0.25, -0.2) is 9.48 Å². The predicted octanol–water partition coefficient (Wildman–Crippen LogP) is 2.18. The second kappa shape index (κ2) is 4.94. The summed E-state index contributed by atoms with van der Waals surface area (Å²) in [4.78, 5) is 12.2. The van der Waals surface area contributed by atoms with Gasteiger partial charge in [-0.3, -0.25) is 4.40 Å². The van der Waals surface area contributed by atoms with Gasteiger partial charge < -0.3 is 0 Å². The number of nitrogens with zero attached hydrogens (tertiary/aromatic N) is 4. The van der Waals surface area contributed by atoms with Gasteiger partial charge >= 0.3 is 5.69 Å². The highest BCUT2D eigenvalue weighted by molar-refractivity contribution is 9.10. The van der Waals surface area contributed by atoms with Gasteiger partial charge in [-0.1, -0.05) is 22.0 Å². The molecule has 20 heavy (non-hydrogen) atoms. The first-order valence-corrected chi connectivity index (χ1v) is 6.71. The zero-order valence-electron chi connectivity index (χ0n) is 10.3. The van der Waals surface area contributed by atoms with E-state index in [-0.39, 0.29) is 5.69 Å². The second-order valence-electron chi connectivity index (χ2n) is 4.29. The Morgan fingerprint density at radius 1 is 1.30 bits per heavy atom. The third-order valence-electron chi connectivity index (χ3n) is 2.98. The molecular formula is C14H9BrN4O. The summed E-state index contributed by atoms with van der Waals surface area (Å²) in [6.07, 6.45) is 1.68. The van der Waals surface area contributed by atoms with E-state index in [1.807, 2.05) is 6.07 Å². The first-order valence-electron chi connectivity index (χ1n) is 5.92. The number of benzene rings is 1. The Balaban J connectivity index is 2.08. The Bertz CT molecular complexity index is 888. The van der Waals surface area contributed by atoms with Crippen molar-refractivity contribution in [3.05, 3.63) is 68.7 Å². The molecule has 5 nitrogen and oxygen atoms in total. The smallest absolute Gasteiger partial charge is 0.250 e. The number of halogens is 1. The normalized spacial score (nSPS) is 10.6. The lowest BCUT2D eigenvalue weighted by molar-refractivity contribution is 0.657. The van der Waals surface area contributed by atoms with E-state index < -0.39 is 0 Å². The van der Waals surface area contributed by atoms with E-state index in [1.54, 1.807) is 36.5 Å². The molecule has 2 heterocycles. The van der Waals surface area contributed by atoms with Crippen molar-refractivity contribution in [1.82, 2.24) is 14.2 Å². The summed E-state index contributed by atoms with van der Waals surface area (Å²) in [6, 6.07) is 12.8. The molecule has 0 aliphatic rings. The van der Waals surface area contributed by atoms with E-state index in [0.29, 0.717) is 17.8 Å². The van der Waals surface area contributed by atoms with Crippen molar-refractivity contribution in [2.75, 3.05) is 0 Å². The topological polar surface area (TPSA) is 63.1 Å². The van der Waals surface area contributed by atoms with Crippen LogP contribution in [0.5, 0.6) is 0 Å². The van der Waals surface area contributed by atoms with Gasteiger partial charge in [-0.2, -0.15) is 5.26 Å². The van der Waals surface area contributed by atoms with Crippen LogP contribution in [0.1, 0.15) is 11.1 Å². The lowest BCUT2D eigenvalue weighted by Crippen LogP contribution is -2.21. The molecule has 0 amide bonds. The molecule has 0 N–H and O–H groups in total. The van der Waals surface area contributed by atoms with E-state index in [2.05, 4.69) is 27.1 Å². The number of fused-ring (bicyclic) bond motifs is 1. The quantitative estimate of drug-likeness (QED) is 0.724. The average Bonchev–Trinajstić information content (AvgIpc) is 2.78. The molecular weight excluding hydrogens is 320 g/mol. The first kappa shape index (κ1) is 12.6. The van der Waals surface area contributed by atoms with Crippen LogP contribution in [-0.4, -0.2) is 14.2 Å². The van der Waals surface area contributed by atoms with Gasteiger partial charge in [0, 0.05) is 10.7 Å². The lowest BCUT2D eigenvalue weighted by Gasteiger charge is -2.03. The molecule has 0 aliphatic carbocycles. The third-order valence-corrected chi connectivity index (χ3v) is 3.76. The Labute approximate surface area is 122 Å². The van der Waals surface area contributed by atoms with Gasteiger partial charge in [0.25, 0.3) is 0 Å². The lowest BCUT2D eigenvalue weighted by atomic mass is 10.1. The molecule has 0 atom stereocenters. The van der Waals surface area contributed by atoms with Crippen molar-refractivity contribution in [3.8, 4) is 6.07 Å². The van der Waals surface area contributed by atoms with Gasteiger partial charge in [0.15, 0.2) is 5.65 Å². The van der Waals surface area contributed by atoms with Crippen molar-refractivity contribution >= 4 is 21.6 Å². The van der Waals surface area contributed by atoms with Gasteiger partial charge in [0.2, 0.25) is 0 Å². The van der Waals surface area contributed by atoms with Crippen LogP contribution in [0.3, 0.4) is 0 Å². The first-order chi connectivity index (χ1) is 9.69. The molecule has 1 aromatic carbocycles. The molecule has 0 unspecified atom stereocenters. The maximum absolute atomic E-state index is 12.2. The average molecular weight is 329 g/mol. The highest BCUT2D eigenvalue weighted by Gasteiger charge is 2.09. The monoisotopic (exact) mass is 328 g/mol. The van der Waals surface area contributed by atoms with E-state index in [4.69, 9.17) is 5.26 Å². The molecule has 0 radical (unpaired) electrons. The van der Waals surface area contributed by atoms with E-state index in [0.717, 1.165) is 10.0 Å². The van der Waals surface area contributed by atoms with Crippen LogP contribution in [0, 0.1) is 11.3 Å². The van der Waals surface area contributed by atoms with Crippen molar-refractivity contribution in [1.29, 1.82) is 5.26 Å². The minimum absolute atomic E-state index is 0.199. The van der Waals surface area contributed by atoms with Crippen molar-refractivity contribution in [3.63, 3.8) is 0 Å². The van der Waals surface area contributed by atoms with Crippen LogP contribution < -0.4 is 5.69 Å². The fourth-order valence-electron chi connectivity index (χ4n) is 2.00. The van der Waals surface area contributed by atoms with E-state index >= 15 is 0 Å². The van der Waals surface area contributed by atoms with Crippen LogP contribution in [0.4, 0.5) is 0 Å². The molecule has 2 aromatic heterocycles. The fourth-order valence-corrected chi connectivity index (χ4v) is 2.37. The number of hydrogen-bond acceptors (Lipinski definition) is 3. The summed E-state index contributed by atoms with van der Waals surface area (Å²) in [5, 5.41) is 13.2. The van der Waals surface area contributed by atoms with Crippen LogP contribution in [0.2, 0.25) is 0 Å². The summed E-state index contributed by atoms with van der Waals surface area (Å²) in [5.74, 6) is 0. The Hall–Kier alpha value is -2.39. The molecule has 0 aliphatic heterocycles. The van der Waals surface area contributed by atoms with Gasteiger partial charge in [0.05, 0.1) is 18.2 Å². The van der Waals surface area contributed by atoms with Crippen molar-refractivity contribution < 1.29 is 0 Å². The predicted molar refractivity (Wildman–Crippen MR) is 77.4 cm³/mol. The third kappa shape index (κ3) is 2.12. The van der Waals surface area contributed by atoms with E-state index in [1.165, 1.54) is 9.08 Å². The standard InChI is InChI=1S/C14H9BrN4O/c15-12-5-4-10(8-16)7-11(12)9-19-14(20)18-6-2-1-3-13(18)17-19/h1-7H,9H2. The highest BCUT2D eigenvalue weighted by Crippen LogP contribution is 2.18. The van der Waals surface area contributed by atoms with Crippen LogP contribution in [-0.2, 0) is 6.54 Å². The van der Waals surface area contributed by atoms with Gasteiger partial charge in [-0.05, 0) is 35.9 Å². The number of rotatable bonds is 2. The Morgan fingerprint density at radius 2 is 2.15 bits per heavy atom. The molecule has 0 bridgehead atoms. The van der Waals surface area contributed by atoms with Crippen LogP contribution in [0.15, 0.2) is 51.9 Å². The molecule has 3 rings (SSSR count). The number of aromatic nitrogens is 3. The van der Waals surface area contributed by atoms with E-state index in [9.17, 15) is 4.79 Å². The summed E-state index contributed by atoms with van der Waals surface area (Å²) < 4.78 is 3.72. The maximum Gasteiger partial charge on any atom is 0.350 e. The molecule has 3 aromatic rings.